The first-order chi connectivity index (χ1) is 14.5. The van der Waals surface area contributed by atoms with E-state index in [-0.39, 0.29) is 12.1 Å². The summed E-state index contributed by atoms with van der Waals surface area (Å²) in [5.74, 6) is -0.866. The van der Waals surface area contributed by atoms with Crippen LogP contribution >= 0.6 is 0 Å². The molecule has 0 radical (unpaired) electrons. The average Bonchev–Trinajstić information content (AvgIpc) is 2.76. The number of benzene rings is 2. The molecule has 0 aromatic heterocycles. The highest BCUT2D eigenvalue weighted by Crippen LogP contribution is 2.25. The van der Waals surface area contributed by atoms with E-state index in [2.05, 4.69) is 10.6 Å². The van der Waals surface area contributed by atoms with E-state index in [0.29, 0.717) is 23.5 Å². The van der Waals surface area contributed by atoms with E-state index >= 15 is 0 Å². The lowest BCUT2D eigenvalue weighted by Crippen LogP contribution is -2.42. The Hall–Kier alpha value is -3.65. The molecule has 0 bridgehead atoms. The number of hydrogen-bond donors (Lipinski definition) is 2. The molecule has 0 heterocycles. The molecule has 0 aliphatic rings. The molecular formula is C22H24N2O6. The van der Waals surface area contributed by atoms with Crippen LogP contribution in [0.5, 0.6) is 5.75 Å². The van der Waals surface area contributed by atoms with Crippen LogP contribution in [-0.2, 0) is 19.1 Å². The molecule has 0 saturated heterocycles. The molecule has 0 fully saturated rings. The van der Waals surface area contributed by atoms with Gasteiger partial charge in [0.2, 0.25) is 0 Å². The van der Waals surface area contributed by atoms with Gasteiger partial charge in [0.15, 0.2) is 6.61 Å². The fraction of sp³-hybridized carbons (Fsp3) is 0.227. The van der Waals surface area contributed by atoms with Crippen molar-refractivity contribution in [1.29, 1.82) is 0 Å². The van der Waals surface area contributed by atoms with Gasteiger partial charge in [0, 0.05) is 19.2 Å². The monoisotopic (exact) mass is 412 g/mol. The molecule has 2 aromatic carbocycles. The third-order valence-electron chi connectivity index (χ3n) is 3.92. The van der Waals surface area contributed by atoms with Crippen LogP contribution in [0.1, 0.15) is 11.1 Å². The summed E-state index contributed by atoms with van der Waals surface area (Å²) < 4.78 is 15.3. The van der Waals surface area contributed by atoms with Crippen LogP contribution in [0, 0.1) is 0 Å². The molecule has 2 rings (SSSR count). The van der Waals surface area contributed by atoms with Crippen molar-refractivity contribution in [2.75, 3.05) is 34.0 Å². The second-order valence-corrected chi connectivity index (χ2v) is 6.04. The number of urea groups is 1. The highest BCUT2D eigenvalue weighted by atomic mass is 16.5. The number of methoxy groups -OCH3 is 2. The number of hydrogen-bond acceptors (Lipinski definition) is 6. The molecule has 0 aliphatic carbocycles. The number of amides is 3. The van der Waals surface area contributed by atoms with Crippen LogP contribution in [0.3, 0.4) is 0 Å². The number of carbonyl (C=O) groups is 3. The molecule has 158 valence electrons. The Kier molecular flexibility index (Phi) is 9.08. The van der Waals surface area contributed by atoms with Crippen molar-refractivity contribution >= 4 is 29.6 Å². The van der Waals surface area contributed by atoms with Crippen LogP contribution in [-0.4, -0.2) is 51.9 Å². The van der Waals surface area contributed by atoms with Gasteiger partial charge in [-0.25, -0.2) is 9.59 Å². The van der Waals surface area contributed by atoms with Gasteiger partial charge in [-0.3, -0.25) is 10.1 Å². The highest BCUT2D eigenvalue weighted by Gasteiger charge is 2.17. The maximum atomic E-state index is 12.7. The summed E-state index contributed by atoms with van der Waals surface area (Å²) in [5, 5.41) is 4.51. The number of ether oxygens (including phenoxy) is 3. The Morgan fingerprint density at radius 1 is 0.967 bits per heavy atom. The lowest BCUT2D eigenvalue weighted by molar-refractivity contribution is -0.142. The lowest BCUT2D eigenvalue weighted by atomic mass is 10.0. The van der Waals surface area contributed by atoms with E-state index in [1.165, 1.54) is 14.2 Å². The molecule has 0 aliphatic heterocycles. The fourth-order valence-corrected chi connectivity index (χ4v) is 2.50. The Morgan fingerprint density at radius 3 is 2.37 bits per heavy atom. The SMILES string of the molecule is COCCNC(=O)NC(=O)COC(=O)/C(=C/c1ccccc1OC)c1ccccc1. The minimum Gasteiger partial charge on any atom is -0.496 e. The molecule has 0 saturated carbocycles. The van der Waals surface area contributed by atoms with Gasteiger partial charge >= 0.3 is 12.0 Å². The molecule has 2 N–H and O–H groups in total. The van der Waals surface area contributed by atoms with E-state index in [0.717, 1.165) is 0 Å². The molecule has 0 spiro atoms. The molecule has 30 heavy (non-hydrogen) atoms. The van der Waals surface area contributed by atoms with Crippen molar-refractivity contribution in [3.63, 3.8) is 0 Å². The summed E-state index contributed by atoms with van der Waals surface area (Å²) in [7, 11) is 3.03. The summed E-state index contributed by atoms with van der Waals surface area (Å²) in [6.45, 7) is -0.0490. The summed E-state index contributed by atoms with van der Waals surface area (Å²) in [6, 6.07) is 15.4. The number of rotatable bonds is 9. The van der Waals surface area contributed by atoms with Gasteiger partial charge in [0.05, 0.1) is 19.3 Å². The molecule has 8 heteroatoms. The van der Waals surface area contributed by atoms with Crippen LogP contribution in [0.2, 0.25) is 0 Å². The number of para-hydroxylation sites is 1. The molecule has 0 unspecified atom stereocenters. The van der Waals surface area contributed by atoms with Crippen LogP contribution in [0.15, 0.2) is 54.6 Å². The first-order valence-corrected chi connectivity index (χ1v) is 9.19. The van der Waals surface area contributed by atoms with Crippen molar-refractivity contribution in [2.24, 2.45) is 0 Å². The quantitative estimate of drug-likeness (QED) is 0.283. The minimum atomic E-state index is -0.747. The predicted octanol–water partition coefficient (Wildman–Crippen LogP) is 2.25. The van der Waals surface area contributed by atoms with Gasteiger partial charge in [-0.2, -0.15) is 0 Å². The largest absolute Gasteiger partial charge is 0.496 e. The predicted molar refractivity (Wildman–Crippen MR) is 112 cm³/mol. The van der Waals surface area contributed by atoms with E-state index < -0.39 is 24.5 Å². The number of imide groups is 1. The van der Waals surface area contributed by atoms with Crippen molar-refractivity contribution in [3.8, 4) is 5.75 Å². The van der Waals surface area contributed by atoms with Gasteiger partial charge < -0.3 is 19.5 Å². The van der Waals surface area contributed by atoms with E-state index in [9.17, 15) is 14.4 Å². The van der Waals surface area contributed by atoms with Crippen molar-refractivity contribution in [1.82, 2.24) is 10.6 Å². The summed E-state index contributed by atoms with van der Waals surface area (Å²) >= 11 is 0. The first kappa shape index (κ1) is 22.6. The van der Waals surface area contributed by atoms with Gasteiger partial charge in [-0.15, -0.1) is 0 Å². The maximum Gasteiger partial charge on any atom is 0.339 e. The van der Waals surface area contributed by atoms with E-state index in [4.69, 9.17) is 14.2 Å². The maximum absolute atomic E-state index is 12.7. The van der Waals surface area contributed by atoms with Gasteiger partial charge in [-0.1, -0.05) is 48.5 Å². The third kappa shape index (κ3) is 7.06. The Bertz CT molecular complexity index is 896. The Balaban J connectivity index is 2.10. The second kappa shape index (κ2) is 12.0. The number of esters is 1. The topological polar surface area (TPSA) is 103 Å². The second-order valence-electron chi connectivity index (χ2n) is 6.04. The van der Waals surface area contributed by atoms with Crippen LogP contribution < -0.4 is 15.4 Å². The zero-order chi connectivity index (χ0) is 21.8. The van der Waals surface area contributed by atoms with Crippen LogP contribution in [0.25, 0.3) is 11.6 Å². The van der Waals surface area contributed by atoms with Gasteiger partial charge in [0.25, 0.3) is 5.91 Å². The van der Waals surface area contributed by atoms with Gasteiger partial charge in [-0.05, 0) is 17.7 Å². The first-order valence-electron chi connectivity index (χ1n) is 9.19. The van der Waals surface area contributed by atoms with E-state index in [1.807, 2.05) is 18.2 Å². The minimum absolute atomic E-state index is 0.245. The molecule has 2 aromatic rings. The summed E-state index contributed by atoms with van der Waals surface area (Å²) in [6.07, 6.45) is 1.63. The zero-order valence-corrected chi connectivity index (χ0v) is 16.8. The third-order valence-corrected chi connectivity index (χ3v) is 3.92. The van der Waals surface area contributed by atoms with Crippen molar-refractivity contribution in [2.45, 2.75) is 0 Å². The van der Waals surface area contributed by atoms with Gasteiger partial charge in [0.1, 0.15) is 5.75 Å². The molecule has 3 amide bonds. The standard InChI is InChI=1S/C22H24N2O6/c1-28-13-12-23-22(27)24-20(25)15-30-21(26)18(16-8-4-3-5-9-16)14-17-10-6-7-11-19(17)29-2/h3-11,14H,12-13,15H2,1-2H3,(H2,23,24,25,27)/b18-14+. The van der Waals surface area contributed by atoms with Crippen LogP contribution in [0.4, 0.5) is 4.79 Å². The molecule has 0 atom stereocenters. The lowest BCUT2D eigenvalue weighted by Gasteiger charge is -2.11. The average molecular weight is 412 g/mol. The fourth-order valence-electron chi connectivity index (χ4n) is 2.50. The van der Waals surface area contributed by atoms with Crippen molar-refractivity contribution < 1.29 is 28.6 Å². The summed E-state index contributed by atoms with van der Waals surface area (Å²) in [4.78, 5) is 36.2. The number of carbonyl (C=O) groups excluding carboxylic acids is 3. The zero-order valence-electron chi connectivity index (χ0n) is 16.8. The number of nitrogens with one attached hydrogen (secondary N) is 2. The Morgan fingerprint density at radius 2 is 1.67 bits per heavy atom. The van der Waals surface area contributed by atoms with Crippen molar-refractivity contribution in [3.05, 3.63) is 65.7 Å². The van der Waals surface area contributed by atoms with E-state index in [1.54, 1.807) is 42.5 Å². The molecule has 8 nitrogen and oxygen atoms in total. The highest BCUT2D eigenvalue weighted by molar-refractivity contribution is 6.22. The summed E-state index contributed by atoms with van der Waals surface area (Å²) in [5.41, 5.74) is 1.54. The Labute approximate surface area is 174 Å². The smallest absolute Gasteiger partial charge is 0.339 e. The normalized spacial score (nSPS) is 10.8. The molecular weight excluding hydrogens is 388 g/mol.